The Labute approximate surface area is 188 Å². The van der Waals surface area contributed by atoms with E-state index in [-0.39, 0.29) is 24.3 Å². The van der Waals surface area contributed by atoms with Crippen LogP contribution in [0.4, 0.5) is 0 Å². The molecule has 1 fully saturated rings. The van der Waals surface area contributed by atoms with Crippen molar-refractivity contribution in [2.45, 2.75) is 38.8 Å². The minimum absolute atomic E-state index is 0.00171. The van der Waals surface area contributed by atoms with Crippen LogP contribution >= 0.6 is 0 Å². The second-order valence-corrected chi connectivity index (χ2v) is 7.88. The monoisotopic (exact) mass is 438 g/mol. The van der Waals surface area contributed by atoms with E-state index in [1.54, 1.807) is 31.4 Å². The molecule has 1 saturated heterocycles. The highest BCUT2D eigenvalue weighted by molar-refractivity contribution is 5.91. The van der Waals surface area contributed by atoms with Gasteiger partial charge >= 0.3 is 5.97 Å². The highest BCUT2D eigenvalue weighted by atomic mass is 16.5. The number of rotatable bonds is 9. The number of ether oxygens (including phenoxy) is 2. The number of nitrogens with zero attached hydrogens (tertiary/aromatic N) is 1. The third kappa shape index (κ3) is 5.28. The lowest BCUT2D eigenvalue weighted by Gasteiger charge is -2.28. The largest absolute Gasteiger partial charge is 0.497 e. The van der Waals surface area contributed by atoms with Crippen molar-refractivity contribution in [3.63, 3.8) is 0 Å². The second-order valence-electron chi connectivity index (χ2n) is 7.88. The van der Waals surface area contributed by atoms with Gasteiger partial charge in [-0.3, -0.25) is 9.59 Å². The van der Waals surface area contributed by atoms with E-state index >= 15 is 0 Å². The van der Waals surface area contributed by atoms with Crippen molar-refractivity contribution in [2.24, 2.45) is 5.92 Å². The number of esters is 1. The number of likely N-dealkylation sites (tertiary alicyclic amines) is 1. The lowest BCUT2D eigenvalue weighted by Crippen LogP contribution is -2.35. The molecule has 1 heterocycles. The first-order chi connectivity index (χ1) is 15.5. The Kier molecular flexibility index (Phi) is 7.87. The van der Waals surface area contributed by atoms with Crippen LogP contribution in [0.3, 0.4) is 0 Å². The van der Waals surface area contributed by atoms with Crippen LogP contribution in [0, 0.1) is 5.92 Å². The molecule has 2 aromatic carbocycles. The molecule has 32 heavy (non-hydrogen) atoms. The first-order valence-corrected chi connectivity index (χ1v) is 10.9. The number of benzene rings is 2. The zero-order valence-electron chi connectivity index (χ0n) is 18.8. The number of carbonyl (C=O) groups excluding carboxylic acids is 3. The number of nitrogens with one attached hydrogen (secondary N) is 1. The highest BCUT2D eigenvalue weighted by Crippen LogP contribution is 2.39. The minimum atomic E-state index is -0.470. The van der Waals surface area contributed by atoms with Gasteiger partial charge in [0, 0.05) is 19.5 Å². The maximum absolute atomic E-state index is 13.1. The van der Waals surface area contributed by atoms with Crippen molar-refractivity contribution < 1.29 is 23.9 Å². The molecule has 0 spiro atoms. The SMILES string of the molecule is CCCCN1C(=O)CC(C(=O)NCc2ccc(C(=O)OC)cc2)C1c1ccc(OC)cc1. The summed E-state index contributed by atoms with van der Waals surface area (Å²) in [5.41, 5.74) is 2.24. The average Bonchev–Trinajstić information content (AvgIpc) is 3.17. The molecule has 2 aromatic rings. The van der Waals surface area contributed by atoms with Gasteiger partial charge in [0.05, 0.1) is 31.7 Å². The Morgan fingerprint density at radius 1 is 1.06 bits per heavy atom. The van der Waals surface area contributed by atoms with E-state index < -0.39 is 11.9 Å². The topological polar surface area (TPSA) is 84.9 Å². The third-order valence-corrected chi connectivity index (χ3v) is 5.82. The van der Waals surface area contributed by atoms with Gasteiger partial charge < -0.3 is 19.7 Å². The Morgan fingerprint density at radius 3 is 2.34 bits per heavy atom. The van der Waals surface area contributed by atoms with Crippen LogP contribution in [0.5, 0.6) is 5.75 Å². The van der Waals surface area contributed by atoms with Crippen molar-refractivity contribution in [2.75, 3.05) is 20.8 Å². The van der Waals surface area contributed by atoms with Crippen molar-refractivity contribution in [1.82, 2.24) is 10.2 Å². The first kappa shape index (κ1) is 23.3. The first-order valence-electron chi connectivity index (χ1n) is 10.9. The van der Waals surface area contributed by atoms with Gasteiger partial charge in [0.25, 0.3) is 0 Å². The fourth-order valence-corrected chi connectivity index (χ4v) is 4.03. The normalized spacial score (nSPS) is 17.8. The molecule has 2 atom stereocenters. The molecule has 7 heteroatoms. The molecule has 1 aliphatic rings. The highest BCUT2D eigenvalue weighted by Gasteiger charge is 2.44. The lowest BCUT2D eigenvalue weighted by molar-refractivity contribution is -0.129. The molecule has 0 radical (unpaired) electrons. The summed E-state index contributed by atoms with van der Waals surface area (Å²) < 4.78 is 9.95. The predicted octanol–water partition coefficient (Wildman–Crippen LogP) is 3.49. The summed E-state index contributed by atoms with van der Waals surface area (Å²) in [5, 5.41) is 2.96. The summed E-state index contributed by atoms with van der Waals surface area (Å²) >= 11 is 0. The fraction of sp³-hybridized carbons (Fsp3) is 0.400. The molecule has 1 aliphatic heterocycles. The van der Waals surface area contributed by atoms with Crippen LogP contribution < -0.4 is 10.1 Å². The van der Waals surface area contributed by atoms with Crippen molar-refractivity contribution >= 4 is 17.8 Å². The summed E-state index contributed by atoms with van der Waals surface area (Å²) in [6, 6.07) is 14.1. The number of unbranched alkanes of at least 4 members (excludes halogenated alkanes) is 1. The molecular weight excluding hydrogens is 408 g/mol. The summed E-state index contributed by atoms with van der Waals surface area (Å²) in [5.74, 6) is -0.298. The van der Waals surface area contributed by atoms with Gasteiger partial charge in [0.2, 0.25) is 11.8 Å². The van der Waals surface area contributed by atoms with E-state index in [9.17, 15) is 14.4 Å². The van der Waals surface area contributed by atoms with Crippen LogP contribution in [0.25, 0.3) is 0 Å². The summed E-state index contributed by atoms with van der Waals surface area (Å²) in [4.78, 5) is 39.3. The van der Waals surface area contributed by atoms with E-state index in [4.69, 9.17) is 9.47 Å². The molecule has 2 unspecified atom stereocenters. The molecular formula is C25H30N2O5. The van der Waals surface area contributed by atoms with Crippen molar-refractivity contribution in [1.29, 1.82) is 0 Å². The zero-order chi connectivity index (χ0) is 23.1. The molecule has 0 aliphatic carbocycles. The molecule has 0 saturated carbocycles. The van der Waals surface area contributed by atoms with E-state index in [0.29, 0.717) is 18.7 Å². The number of hydrogen-bond acceptors (Lipinski definition) is 5. The van der Waals surface area contributed by atoms with Gasteiger partial charge in [-0.2, -0.15) is 0 Å². The predicted molar refractivity (Wildman–Crippen MR) is 120 cm³/mol. The van der Waals surface area contributed by atoms with Crippen molar-refractivity contribution in [3.8, 4) is 5.75 Å². The van der Waals surface area contributed by atoms with Crippen LogP contribution in [0.2, 0.25) is 0 Å². The molecule has 3 rings (SSSR count). The van der Waals surface area contributed by atoms with Crippen LogP contribution in [0.1, 0.15) is 53.7 Å². The molecule has 7 nitrogen and oxygen atoms in total. The van der Waals surface area contributed by atoms with Crippen LogP contribution in [-0.4, -0.2) is 43.4 Å². The van der Waals surface area contributed by atoms with E-state index in [1.807, 2.05) is 29.2 Å². The fourth-order valence-electron chi connectivity index (χ4n) is 4.03. The summed E-state index contributed by atoms with van der Waals surface area (Å²) in [6.45, 7) is 3.03. The Balaban J connectivity index is 1.74. The van der Waals surface area contributed by atoms with Gasteiger partial charge in [-0.1, -0.05) is 37.6 Å². The number of carbonyl (C=O) groups is 3. The number of hydrogen-bond donors (Lipinski definition) is 1. The summed E-state index contributed by atoms with van der Waals surface area (Å²) in [7, 11) is 2.94. The van der Waals surface area contributed by atoms with Gasteiger partial charge in [0.15, 0.2) is 0 Å². The maximum atomic E-state index is 13.1. The summed E-state index contributed by atoms with van der Waals surface area (Å²) in [6.07, 6.45) is 2.05. The van der Waals surface area contributed by atoms with Gasteiger partial charge in [-0.25, -0.2) is 4.79 Å². The molecule has 1 N–H and O–H groups in total. The van der Waals surface area contributed by atoms with Gasteiger partial charge in [0.1, 0.15) is 5.75 Å². The van der Waals surface area contributed by atoms with Gasteiger partial charge in [-0.05, 0) is 41.8 Å². The minimum Gasteiger partial charge on any atom is -0.497 e. The van der Waals surface area contributed by atoms with E-state index in [0.717, 1.165) is 29.7 Å². The Morgan fingerprint density at radius 2 is 1.75 bits per heavy atom. The van der Waals surface area contributed by atoms with Gasteiger partial charge in [-0.15, -0.1) is 0 Å². The molecule has 2 amide bonds. The van der Waals surface area contributed by atoms with Crippen LogP contribution in [-0.2, 0) is 20.9 Å². The quantitative estimate of drug-likeness (QED) is 0.606. The van der Waals surface area contributed by atoms with Crippen LogP contribution in [0.15, 0.2) is 48.5 Å². The molecule has 0 aromatic heterocycles. The third-order valence-electron chi connectivity index (χ3n) is 5.82. The Bertz CT molecular complexity index is 940. The molecule has 0 bridgehead atoms. The van der Waals surface area contributed by atoms with Crippen molar-refractivity contribution in [3.05, 3.63) is 65.2 Å². The lowest BCUT2D eigenvalue weighted by atomic mass is 9.92. The Hall–Kier alpha value is -3.35. The smallest absolute Gasteiger partial charge is 0.337 e. The maximum Gasteiger partial charge on any atom is 0.337 e. The number of methoxy groups -OCH3 is 2. The molecule has 170 valence electrons. The van der Waals surface area contributed by atoms with E-state index in [1.165, 1.54) is 7.11 Å². The second kappa shape index (κ2) is 10.8. The van der Waals surface area contributed by atoms with E-state index in [2.05, 4.69) is 12.2 Å². The number of amides is 2. The average molecular weight is 439 g/mol. The standard InChI is InChI=1S/C25H30N2O5/c1-4-5-14-27-22(28)15-21(23(27)18-10-12-20(31-2)13-11-18)24(29)26-16-17-6-8-19(9-7-17)25(30)32-3/h6-13,21,23H,4-5,14-16H2,1-3H3,(H,26,29). The zero-order valence-corrected chi connectivity index (χ0v) is 18.8.